The molecule has 1 fully saturated rings. The average Bonchev–Trinajstić information content (AvgIpc) is 3.18. The predicted octanol–water partition coefficient (Wildman–Crippen LogP) is 2.10. The molecule has 0 saturated carbocycles. The van der Waals surface area contributed by atoms with Crippen LogP contribution >= 0.6 is 11.3 Å². The summed E-state index contributed by atoms with van der Waals surface area (Å²) in [4.78, 5) is 8.24. The van der Waals surface area contributed by atoms with Gasteiger partial charge in [-0.3, -0.25) is 9.89 Å². The van der Waals surface area contributed by atoms with Crippen LogP contribution in [0.1, 0.15) is 30.2 Å². The molecule has 0 amide bonds. The number of nitrogens with zero attached hydrogens (tertiary/aromatic N) is 2. The number of morpholine rings is 1. The van der Waals surface area contributed by atoms with Crippen LogP contribution in [-0.2, 0) is 9.47 Å². The van der Waals surface area contributed by atoms with Gasteiger partial charge in [0.2, 0.25) is 0 Å². The third-order valence-electron chi connectivity index (χ3n) is 4.36. The molecule has 0 bridgehead atoms. The van der Waals surface area contributed by atoms with Gasteiger partial charge in [0.25, 0.3) is 0 Å². The summed E-state index contributed by atoms with van der Waals surface area (Å²) in [5.74, 6) is 0.876. The molecule has 1 aromatic rings. The second kappa shape index (κ2) is 12.2. The maximum absolute atomic E-state index is 5.50. The molecule has 1 aliphatic heterocycles. The Morgan fingerprint density at radius 2 is 2.16 bits per heavy atom. The van der Waals surface area contributed by atoms with E-state index in [0.717, 1.165) is 64.8 Å². The fraction of sp³-hybridized carbons (Fsp3) is 0.722. The summed E-state index contributed by atoms with van der Waals surface area (Å²) in [6, 6.07) is 4.71. The fourth-order valence-electron chi connectivity index (χ4n) is 2.95. The maximum Gasteiger partial charge on any atom is 0.191 e. The smallest absolute Gasteiger partial charge is 0.191 e. The van der Waals surface area contributed by atoms with Gasteiger partial charge >= 0.3 is 0 Å². The number of thiophene rings is 1. The Balaban J connectivity index is 1.77. The molecule has 6 nitrogen and oxygen atoms in total. The Bertz CT molecular complexity index is 475. The van der Waals surface area contributed by atoms with Crippen LogP contribution in [-0.4, -0.2) is 71.0 Å². The molecule has 0 aliphatic carbocycles. The van der Waals surface area contributed by atoms with E-state index in [9.17, 15) is 0 Å². The lowest BCUT2D eigenvalue weighted by Gasteiger charge is -2.34. The van der Waals surface area contributed by atoms with E-state index in [-0.39, 0.29) is 0 Å². The molecule has 2 N–H and O–H groups in total. The minimum Gasteiger partial charge on any atom is -0.385 e. The highest BCUT2D eigenvalue weighted by atomic mass is 32.1. The van der Waals surface area contributed by atoms with E-state index < -0.39 is 0 Å². The van der Waals surface area contributed by atoms with Crippen LogP contribution in [0.5, 0.6) is 0 Å². The van der Waals surface area contributed by atoms with Crippen molar-refractivity contribution >= 4 is 17.3 Å². The summed E-state index contributed by atoms with van der Waals surface area (Å²) in [7, 11) is 3.58. The van der Waals surface area contributed by atoms with Crippen molar-refractivity contribution in [3.05, 3.63) is 22.4 Å². The molecular formula is C18H32N4O2S. The van der Waals surface area contributed by atoms with Crippen molar-refractivity contribution in [3.8, 4) is 0 Å². The molecule has 1 aromatic heterocycles. The number of aliphatic imine (C=N–C) groups is 1. The van der Waals surface area contributed by atoms with Gasteiger partial charge in [-0.15, -0.1) is 11.3 Å². The molecule has 2 heterocycles. The summed E-state index contributed by atoms with van der Waals surface area (Å²) in [5.41, 5.74) is 0. The Morgan fingerprint density at radius 1 is 1.32 bits per heavy atom. The third kappa shape index (κ3) is 7.32. The number of rotatable bonds is 10. The summed E-state index contributed by atoms with van der Waals surface area (Å²) in [5, 5.41) is 9.05. The summed E-state index contributed by atoms with van der Waals surface area (Å²) in [6.07, 6.45) is 3.41. The van der Waals surface area contributed by atoms with Crippen LogP contribution in [0, 0.1) is 0 Å². The predicted molar refractivity (Wildman–Crippen MR) is 105 cm³/mol. The zero-order valence-electron chi connectivity index (χ0n) is 15.5. The zero-order valence-corrected chi connectivity index (χ0v) is 16.3. The summed E-state index contributed by atoms with van der Waals surface area (Å²) < 4.78 is 10.6. The van der Waals surface area contributed by atoms with Crippen molar-refractivity contribution < 1.29 is 9.47 Å². The summed E-state index contributed by atoms with van der Waals surface area (Å²) >= 11 is 1.82. The number of ether oxygens (including phenoxy) is 2. The minimum absolute atomic E-state index is 0.365. The zero-order chi connectivity index (χ0) is 17.7. The molecule has 142 valence electrons. The monoisotopic (exact) mass is 368 g/mol. The van der Waals surface area contributed by atoms with Crippen LogP contribution in [0.4, 0.5) is 0 Å². The highest BCUT2D eigenvalue weighted by molar-refractivity contribution is 7.10. The van der Waals surface area contributed by atoms with Crippen molar-refractivity contribution in [2.45, 2.75) is 25.3 Å². The highest BCUT2D eigenvalue weighted by Crippen LogP contribution is 2.25. The second-order valence-electron chi connectivity index (χ2n) is 6.11. The van der Waals surface area contributed by atoms with Crippen molar-refractivity contribution in [1.82, 2.24) is 15.5 Å². The van der Waals surface area contributed by atoms with Crippen LogP contribution in [0.15, 0.2) is 22.5 Å². The van der Waals surface area contributed by atoms with Gasteiger partial charge < -0.3 is 20.1 Å². The third-order valence-corrected chi connectivity index (χ3v) is 5.34. The van der Waals surface area contributed by atoms with Gasteiger partial charge in [0, 0.05) is 51.8 Å². The lowest BCUT2D eigenvalue weighted by Crippen LogP contribution is -2.46. The van der Waals surface area contributed by atoms with Crippen LogP contribution < -0.4 is 10.6 Å². The SMILES string of the molecule is CN=C(NCCCCCOC)NCC(c1cccs1)N1CCOCC1. The highest BCUT2D eigenvalue weighted by Gasteiger charge is 2.23. The van der Waals surface area contributed by atoms with E-state index in [4.69, 9.17) is 9.47 Å². The molecule has 1 unspecified atom stereocenters. The lowest BCUT2D eigenvalue weighted by atomic mass is 10.2. The molecule has 1 saturated heterocycles. The van der Waals surface area contributed by atoms with Crippen molar-refractivity contribution in [2.75, 3.05) is 60.2 Å². The molecule has 2 rings (SSSR count). The van der Waals surface area contributed by atoms with E-state index in [1.165, 1.54) is 11.3 Å². The number of unbranched alkanes of at least 4 members (excludes halogenated alkanes) is 2. The van der Waals surface area contributed by atoms with Gasteiger partial charge in [0.05, 0.1) is 19.3 Å². The molecule has 1 aliphatic rings. The topological polar surface area (TPSA) is 58.1 Å². The van der Waals surface area contributed by atoms with Gasteiger partial charge in [-0.1, -0.05) is 6.07 Å². The first-order valence-corrected chi connectivity index (χ1v) is 10.0. The van der Waals surface area contributed by atoms with Gasteiger partial charge in [0.15, 0.2) is 5.96 Å². The molecule has 0 radical (unpaired) electrons. The number of hydrogen-bond acceptors (Lipinski definition) is 5. The van der Waals surface area contributed by atoms with Crippen LogP contribution in [0.2, 0.25) is 0 Å². The first-order chi connectivity index (χ1) is 12.3. The molecule has 7 heteroatoms. The van der Waals surface area contributed by atoms with Gasteiger partial charge in [-0.2, -0.15) is 0 Å². The summed E-state index contributed by atoms with van der Waals surface area (Å²) in [6.45, 7) is 6.22. The van der Waals surface area contributed by atoms with Crippen LogP contribution in [0.25, 0.3) is 0 Å². The number of nitrogens with one attached hydrogen (secondary N) is 2. The Hall–Kier alpha value is -1.15. The molecule has 1 atom stereocenters. The van der Waals surface area contributed by atoms with E-state index in [1.54, 1.807) is 7.11 Å². The second-order valence-corrected chi connectivity index (χ2v) is 7.09. The Labute approximate surface area is 155 Å². The van der Waals surface area contributed by atoms with Crippen molar-refractivity contribution in [3.63, 3.8) is 0 Å². The van der Waals surface area contributed by atoms with Gasteiger partial charge in [0.1, 0.15) is 0 Å². The molecule has 25 heavy (non-hydrogen) atoms. The van der Waals surface area contributed by atoms with Crippen molar-refractivity contribution in [1.29, 1.82) is 0 Å². The lowest BCUT2D eigenvalue weighted by molar-refractivity contribution is 0.0177. The largest absolute Gasteiger partial charge is 0.385 e. The Morgan fingerprint density at radius 3 is 2.84 bits per heavy atom. The van der Waals surface area contributed by atoms with E-state index >= 15 is 0 Å². The standard InChI is InChI=1S/C18H32N4O2S/c1-19-18(20-8-4-3-5-11-23-2)21-15-16(17-7-6-14-25-17)22-9-12-24-13-10-22/h6-7,14,16H,3-5,8-13,15H2,1-2H3,(H2,19,20,21). The molecule has 0 spiro atoms. The minimum atomic E-state index is 0.365. The Kier molecular flexibility index (Phi) is 9.88. The maximum atomic E-state index is 5.50. The van der Waals surface area contributed by atoms with E-state index in [0.29, 0.717) is 6.04 Å². The quantitative estimate of drug-likeness (QED) is 0.376. The van der Waals surface area contributed by atoms with E-state index in [2.05, 4.69) is 38.0 Å². The number of guanidine groups is 1. The fourth-order valence-corrected chi connectivity index (χ4v) is 3.81. The number of methoxy groups -OCH3 is 1. The molecule has 0 aromatic carbocycles. The van der Waals surface area contributed by atoms with E-state index in [1.807, 2.05) is 18.4 Å². The normalized spacial score (nSPS) is 17.4. The average molecular weight is 369 g/mol. The first kappa shape index (κ1) is 20.2. The molecular weight excluding hydrogens is 336 g/mol. The van der Waals surface area contributed by atoms with Crippen LogP contribution in [0.3, 0.4) is 0 Å². The van der Waals surface area contributed by atoms with Crippen molar-refractivity contribution in [2.24, 2.45) is 4.99 Å². The van der Waals surface area contributed by atoms with Gasteiger partial charge in [-0.25, -0.2) is 0 Å². The number of hydrogen-bond donors (Lipinski definition) is 2. The van der Waals surface area contributed by atoms with Gasteiger partial charge in [-0.05, 0) is 30.7 Å². The first-order valence-electron chi connectivity index (χ1n) is 9.13.